The summed E-state index contributed by atoms with van der Waals surface area (Å²) in [6, 6.07) is 0.244. The number of hydrogen-bond acceptors (Lipinski definition) is 5. The minimum atomic E-state index is -0.660. The van der Waals surface area contributed by atoms with Crippen molar-refractivity contribution in [3.63, 3.8) is 0 Å². The Bertz CT molecular complexity index is 428. The number of carbonyl (C=O) groups is 1. The second-order valence-corrected chi connectivity index (χ2v) is 9.81. The molecule has 1 rings (SSSR count). The summed E-state index contributed by atoms with van der Waals surface area (Å²) in [5.74, 6) is -0.198. The van der Waals surface area contributed by atoms with Crippen molar-refractivity contribution in [1.82, 2.24) is 5.32 Å². The van der Waals surface area contributed by atoms with Gasteiger partial charge in [0.05, 0.1) is 0 Å². The maximum atomic E-state index is 11.7. The fourth-order valence-corrected chi connectivity index (χ4v) is 4.76. The topological polar surface area (TPSA) is 84.6 Å². The van der Waals surface area contributed by atoms with Gasteiger partial charge in [-0.25, -0.2) is 0 Å². The summed E-state index contributed by atoms with van der Waals surface area (Å²) in [7, 11) is 0. The van der Waals surface area contributed by atoms with E-state index in [1.54, 1.807) is 0 Å². The molecule has 0 spiro atoms. The van der Waals surface area contributed by atoms with Gasteiger partial charge in [0.2, 0.25) is 0 Å². The Morgan fingerprint density at radius 1 is 1.19 bits per heavy atom. The average molecular weight is 385 g/mol. The summed E-state index contributed by atoms with van der Waals surface area (Å²) in [5.41, 5.74) is 6.65. The Balaban J connectivity index is 2.13. The summed E-state index contributed by atoms with van der Waals surface area (Å²) >= 11 is 0. The molecule has 160 valence electrons. The normalized spacial score (nSPS) is 25.9. The highest BCUT2D eigenvalue weighted by molar-refractivity contribution is 5.69. The zero-order valence-electron chi connectivity index (χ0n) is 18.2. The number of rotatable bonds is 13. The lowest BCUT2D eigenvalue weighted by Crippen LogP contribution is -2.47. The zero-order chi connectivity index (χ0) is 20.3. The van der Waals surface area contributed by atoms with Crippen LogP contribution in [-0.2, 0) is 9.53 Å². The average Bonchev–Trinajstić information content (AvgIpc) is 2.53. The Morgan fingerprint density at radius 2 is 1.85 bits per heavy atom. The number of unbranched alkanes of at least 4 members (excludes halogenated alkanes) is 5. The number of esters is 1. The Morgan fingerprint density at radius 3 is 2.52 bits per heavy atom. The maximum Gasteiger partial charge on any atom is 0.305 e. The summed E-state index contributed by atoms with van der Waals surface area (Å²) in [6.07, 6.45) is 9.90. The maximum absolute atomic E-state index is 11.7. The molecule has 3 unspecified atom stereocenters. The fraction of sp³-hybridized carbons (Fsp3) is 0.955. The van der Waals surface area contributed by atoms with Crippen LogP contribution in [0.2, 0.25) is 0 Å². The van der Waals surface area contributed by atoms with Crippen molar-refractivity contribution in [2.45, 2.75) is 104 Å². The third-order valence-electron chi connectivity index (χ3n) is 5.58. The van der Waals surface area contributed by atoms with Crippen LogP contribution in [0.15, 0.2) is 0 Å². The van der Waals surface area contributed by atoms with E-state index in [1.165, 1.54) is 25.7 Å². The van der Waals surface area contributed by atoms with Crippen LogP contribution < -0.4 is 11.1 Å². The predicted octanol–water partition coefficient (Wildman–Crippen LogP) is 3.77. The SMILES string of the molecule is CCCCCCCCC(=O)OCC(O)CNCC1(C)CC(N)CC(C)(C)C1. The third kappa shape index (κ3) is 11.1. The number of ether oxygens (including phenoxy) is 1. The number of hydrogen-bond donors (Lipinski definition) is 3. The molecule has 1 fully saturated rings. The first-order chi connectivity index (χ1) is 12.7. The van der Waals surface area contributed by atoms with Crippen LogP contribution in [0, 0.1) is 10.8 Å². The fourth-order valence-electron chi connectivity index (χ4n) is 4.76. The van der Waals surface area contributed by atoms with Gasteiger partial charge in [-0.15, -0.1) is 0 Å². The molecule has 1 aliphatic carbocycles. The van der Waals surface area contributed by atoms with Crippen LogP contribution in [0.4, 0.5) is 0 Å². The molecule has 0 aromatic heterocycles. The Labute approximate surface area is 166 Å². The standard InChI is InChI=1S/C22H44N2O3/c1-5-6-7-8-9-10-11-20(26)27-15-19(25)14-24-17-22(4)13-18(23)12-21(2,3)16-22/h18-19,24-25H,5-17,23H2,1-4H3. The summed E-state index contributed by atoms with van der Waals surface area (Å²) in [6.45, 7) is 10.4. The number of carbonyl (C=O) groups excluding carboxylic acids is 1. The largest absolute Gasteiger partial charge is 0.463 e. The number of aliphatic hydroxyl groups is 1. The highest BCUT2D eigenvalue weighted by Gasteiger charge is 2.39. The smallest absolute Gasteiger partial charge is 0.305 e. The van der Waals surface area contributed by atoms with Crippen LogP contribution in [0.25, 0.3) is 0 Å². The van der Waals surface area contributed by atoms with Gasteiger partial charge in [0, 0.05) is 25.6 Å². The van der Waals surface area contributed by atoms with Crippen LogP contribution in [0.1, 0.15) is 91.9 Å². The molecule has 27 heavy (non-hydrogen) atoms. The summed E-state index contributed by atoms with van der Waals surface area (Å²) < 4.78 is 5.20. The molecule has 1 aliphatic rings. The molecular weight excluding hydrogens is 340 g/mol. The van der Waals surface area contributed by atoms with Crippen molar-refractivity contribution in [1.29, 1.82) is 0 Å². The third-order valence-corrected chi connectivity index (χ3v) is 5.58. The van der Waals surface area contributed by atoms with E-state index in [-0.39, 0.29) is 29.4 Å². The number of aliphatic hydroxyl groups excluding tert-OH is 1. The van der Waals surface area contributed by atoms with E-state index in [4.69, 9.17) is 10.5 Å². The van der Waals surface area contributed by atoms with Crippen LogP contribution >= 0.6 is 0 Å². The van der Waals surface area contributed by atoms with E-state index in [1.807, 2.05) is 0 Å². The minimum Gasteiger partial charge on any atom is -0.463 e. The van der Waals surface area contributed by atoms with Gasteiger partial charge in [-0.3, -0.25) is 4.79 Å². The lowest BCUT2D eigenvalue weighted by atomic mass is 9.63. The van der Waals surface area contributed by atoms with Gasteiger partial charge in [0.15, 0.2) is 0 Å². The van der Waals surface area contributed by atoms with Crippen LogP contribution in [-0.4, -0.2) is 42.9 Å². The quantitative estimate of drug-likeness (QED) is 0.332. The van der Waals surface area contributed by atoms with Crippen LogP contribution in [0.5, 0.6) is 0 Å². The van der Waals surface area contributed by atoms with Gasteiger partial charge in [-0.1, -0.05) is 59.8 Å². The first kappa shape index (κ1) is 24.4. The van der Waals surface area contributed by atoms with Gasteiger partial charge in [-0.05, 0) is 36.5 Å². The molecule has 0 aromatic rings. The Hall–Kier alpha value is -0.650. The monoisotopic (exact) mass is 384 g/mol. The summed E-state index contributed by atoms with van der Waals surface area (Å²) in [5, 5.41) is 13.4. The molecule has 5 heteroatoms. The summed E-state index contributed by atoms with van der Waals surface area (Å²) in [4.78, 5) is 11.7. The van der Waals surface area contributed by atoms with E-state index in [0.29, 0.717) is 13.0 Å². The number of nitrogens with one attached hydrogen (secondary N) is 1. The van der Waals surface area contributed by atoms with Gasteiger partial charge < -0.3 is 20.9 Å². The Kier molecular flexibility index (Phi) is 10.9. The van der Waals surface area contributed by atoms with Crippen molar-refractivity contribution in [3.05, 3.63) is 0 Å². The van der Waals surface area contributed by atoms with E-state index < -0.39 is 6.10 Å². The minimum absolute atomic E-state index is 0.0728. The molecule has 0 heterocycles. The molecular formula is C22H44N2O3. The highest BCUT2D eigenvalue weighted by Crippen LogP contribution is 2.45. The molecule has 5 nitrogen and oxygen atoms in total. The highest BCUT2D eigenvalue weighted by atomic mass is 16.5. The van der Waals surface area contributed by atoms with Gasteiger partial charge >= 0.3 is 5.97 Å². The molecule has 0 aromatic carbocycles. The first-order valence-corrected chi connectivity index (χ1v) is 11.0. The van der Waals surface area contributed by atoms with Gasteiger partial charge in [-0.2, -0.15) is 0 Å². The lowest BCUT2D eigenvalue weighted by Gasteiger charge is -2.46. The van der Waals surface area contributed by atoms with Crippen molar-refractivity contribution in [3.8, 4) is 0 Å². The molecule has 3 atom stereocenters. The zero-order valence-corrected chi connectivity index (χ0v) is 18.2. The molecule has 1 saturated carbocycles. The first-order valence-electron chi connectivity index (χ1n) is 11.0. The van der Waals surface area contributed by atoms with E-state index in [2.05, 4.69) is 33.0 Å². The van der Waals surface area contributed by atoms with Crippen molar-refractivity contribution < 1.29 is 14.6 Å². The molecule has 0 radical (unpaired) electrons. The van der Waals surface area contributed by atoms with E-state index in [0.717, 1.165) is 38.6 Å². The van der Waals surface area contributed by atoms with Gasteiger partial charge in [0.25, 0.3) is 0 Å². The van der Waals surface area contributed by atoms with Crippen molar-refractivity contribution in [2.75, 3.05) is 19.7 Å². The van der Waals surface area contributed by atoms with Crippen LogP contribution in [0.3, 0.4) is 0 Å². The van der Waals surface area contributed by atoms with Crippen molar-refractivity contribution in [2.24, 2.45) is 16.6 Å². The lowest BCUT2D eigenvalue weighted by molar-refractivity contribution is -0.146. The molecule has 0 amide bonds. The molecule has 4 N–H and O–H groups in total. The number of nitrogens with two attached hydrogens (primary N) is 1. The molecule has 0 bridgehead atoms. The molecule has 0 aliphatic heterocycles. The van der Waals surface area contributed by atoms with Crippen molar-refractivity contribution >= 4 is 5.97 Å². The second-order valence-electron chi connectivity index (χ2n) is 9.81. The molecule has 0 saturated heterocycles. The van der Waals surface area contributed by atoms with Gasteiger partial charge in [0.1, 0.15) is 12.7 Å². The van der Waals surface area contributed by atoms with E-state index >= 15 is 0 Å². The predicted molar refractivity (Wildman–Crippen MR) is 112 cm³/mol. The van der Waals surface area contributed by atoms with E-state index in [9.17, 15) is 9.90 Å². The second kappa shape index (κ2) is 12.0.